The lowest BCUT2D eigenvalue weighted by Gasteiger charge is -2.15. The summed E-state index contributed by atoms with van der Waals surface area (Å²) >= 11 is 6.45. The Hall–Kier alpha value is -3.19. The van der Waals surface area contributed by atoms with Gasteiger partial charge in [0.1, 0.15) is 17.4 Å². The van der Waals surface area contributed by atoms with E-state index in [-0.39, 0.29) is 28.0 Å². The lowest BCUT2D eigenvalue weighted by Crippen LogP contribution is -2.27. The van der Waals surface area contributed by atoms with Crippen LogP contribution in [0.5, 0.6) is 5.75 Å². The van der Waals surface area contributed by atoms with Gasteiger partial charge in [0.2, 0.25) is 5.91 Å². The van der Waals surface area contributed by atoms with Crippen molar-refractivity contribution in [3.05, 3.63) is 70.0 Å². The molecule has 1 aliphatic heterocycles. The number of fused-ring (bicyclic) bond motifs is 1. The molecular formula is C22H19ClFN3O3. The smallest absolute Gasteiger partial charge is 0.258 e. The minimum atomic E-state index is -0.505. The molecule has 0 aliphatic carbocycles. The number of methoxy groups -OCH3 is 1. The number of nitrogens with one attached hydrogen (secondary N) is 1. The molecule has 3 aromatic rings. The van der Waals surface area contributed by atoms with Crippen molar-refractivity contribution >= 4 is 28.4 Å². The monoisotopic (exact) mass is 427 g/mol. The Morgan fingerprint density at radius 3 is 2.97 bits per heavy atom. The summed E-state index contributed by atoms with van der Waals surface area (Å²) in [4.78, 5) is 33.7. The molecule has 2 aromatic carbocycles. The van der Waals surface area contributed by atoms with E-state index in [1.807, 2.05) is 0 Å². The largest absolute Gasteiger partial charge is 0.496 e. The number of halogens is 2. The van der Waals surface area contributed by atoms with E-state index in [0.717, 1.165) is 0 Å². The molecule has 1 saturated heterocycles. The number of amides is 1. The zero-order valence-corrected chi connectivity index (χ0v) is 17.0. The molecule has 6 nitrogen and oxygen atoms in total. The number of aromatic amines is 1. The second kappa shape index (κ2) is 7.91. The number of rotatable bonds is 4. The summed E-state index contributed by atoms with van der Waals surface area (Å²) in [6.45, 7) is 4.53. The van der Waals surface area contributed by atoms with Gasteiger partial charge < -0.3 is 14.6 Å². The summed E-state index contributed by atoms with van der Waals surface area (Å²) < 4.78 is 19.8. The number of hydrogen-bond acceptors (Lipinski definition) is 4. The van der Waals surface area contributed by atoms with Gasteiger partial charge in [-0.15, -0.1) is 0 Å². The second-order valence-corrected chi connectivity index (χ2v) is 7.50. The first-order valence-corrected chi connectivity index (χ1v) is 9.78. The molecular weight excluding hydrogens is 409 g/mol. The molecule has 1 atom stereocenters. The van der Waals surface area contributed by atoms with Crippen LogP contribution in [-0.2, 0) is 4.79 Å². The number of ether oxygens (including phenoxy) is 1. The summed E-state index contributed by atoms with van der Waals surface area (Å²) in [5.41, 5.74) is 0.593. The molecule has 1 N–H and O–H groups in total. The number of benzene rings is 2. The molecule has 4 rings (SSSR count). The van der Waals surface area contributed by atoms with E-state index in [4.69, 9.17) is 16.3 Å². The minimum Gasteiger partial charge on any atom is -0.496 e. The van der Waals surface area contributed by atoms with Crippen molar-refractivity contribution in [3.8, 4) is 16.9 Å². The number of carbonyl (C=O) groups is 1. The van der Waals surface area contributed by atoms with E-state index in [2.05, 4.69) is 16.5 Å². The van der Waals surface area contributed by atoms with Crippen molar-refractivity contribution < 1.29 is 13.9 Å². The summed E-state index contributed by atoms with van der Waals surface area (Å²) in [7, 11) is 1.44. The molecule has 1 amide bonds. The first-order chi connectivity index (χ1) is 14.4. The van der Waals surface area contributed by atoms with E-state index < -0.39 is 5.82 Å². The van der Waals surface area contributed by atoms with Gasteiger partial charge in [0.25, 0.3) is 5.56 Å². The molecule has 0 saturated carbocycles. The van der Waals surface area contributed by atoms with Gasteiger partial charge in [-0.1, -0.05) is 24.2 Å². The number of aromatic nitrogens is 2. The molecule has 154 valence electrons. The molecule has 2 heterocycles. The van der Waals surface area contributed by atoms with Crippen molar-refractivity contribution in [1.82, 2.24) is 14.9 Å². The highest BCUT2D eigenvalue weighted by molar-refractivity contribution is 6.34. The molecule has 1 fully saturated rings. The van der Waals surface area contributed by atoms with Crippen molar-refractivity contribution in [2.75, 3.05) is 20.2 Å². The van der Waals surface area contributed by atoms with Crippen molar-refractivity contribution in [2.45, 2.75) is 12.3 Å². The lowest BCUT2D eigenvalue weighted by atomic mass is 10.0. The first kappa shape index (κ1) is 20.1. The van der Waals surface area contributed by atoms with Crippen molar-refractivity contribution in [2.24, 2.45) is 0 Å². The topological polar surface area (TPSA) is 75.3 Å². The molecule has 30 heavy (non-hydrogen) atoms. The zero-order valence-electron chi connectivity index (χ0n) is 16.2. The van der Waals surface area contributed by atoms with Crippen LogP contribution in [-0.4, -0.2) is 41.0 Å². The highest BCUT2D eigenvalue weighted by atomic mass is 35.5. The van der Waals surface area contributed by atoms with E-state index in [0.29, 0.717) is 47.6 Å². The van der Waals surface area contributed by atoms with Crippen LogP contribution in [0.15, 0.2) is 47.8 Å². The maximum absolute atomic E-state index is 14.5. The number of hydrogen-bond donors (Lipinski definition) is 1. The van der Waals surface area contributed by atoms with Gasteiger partial charge in [0, 0.05) is 24.6 Å². The van der Waals surface area contributed by atoms with E-state index >= 15 is 0 Å². The Morgan fingerprint density at radius 2 is 2.23 bits per heavy atom. The maximum Gasteiger partial charge on any atom is 0.258 e. The molecule has 1 unspecified atom stereocenters. The van der Waals surface area contributed by atoms with Crippen LogP contribution in [0.1, 0.15) is 18.2 Å². The Morgan fingerprint density at radius 1 is 1.43 bits per heavy atom. The summed E-state index contributed by atoms with van der Waals surface area (Å²) in [6, 6.07) is 7.55. The minimum absolute atomic E-state index is 0.0869. The average Bonchev–Trinajstić information content (AvgIpc) is 3.23. The summed E-state index contributed by atoms with van der Waals surface area (Å²) in [5.74, 6) is 0.0761. The number of H-pyrrole nitrogens is 1. The Bertz CT molecular complexity index is 1220. The molecule has 1 aliphatic rings. The van der Waals surface area contributed by atoms with E-state index in [1.165, 1.54) is 31.4 Å². The van der Waals surface area contributed by atoms with Gasteiger partial charge >= 0.3 is 0 Å². The van der Waals surface area contributed by atoms with Crippen LogP contribution >= 0.6 is 11.6 Å². The molecule has 0 radical (unpaired) electrons. The van der Waals surface area contributed by atoms with Crippen LogP contribution in [0.3, 0.4) is 0 Å². The Balaban J connectivity index is 1.79. The highest BCUT2D eigenvalue weighted by Gasteiger charge is 2.28. The van der Waals surface area contributed by atoms with E-state index in [9.17, 15) is 14.0 Å². The number of likely N-dealkylation sites (tertiary alicyclic amines) is 1. The van der Waals surface area contributed by atoms with Gasteiger partial charge in [0.15, 0.2) is 0 Å². The van der Waals surface area contributed by atoms with Gasteiger partial charge in [-0.2, -0.15) is 0 Å². The van der Waals surface area contributed by atoms with Gasteiger partial charge in [0.05, 0.1) is 28.6 Å². The van der Waals surface area contributed by atoms with Crippen LogP contribution < -0.4 is 10.3 Å². The normalized spacial score (nSPS) is 16.1. The molecule has 0 bridgehead atoms. The fraction of sp³-hybridized carbons (Fsp3) is 0.227. The van der Waals surface area contributed by atoms with Crippen LogP contribution in [0.4, 0.5) is 4.39 Å². The van der Waals surface area contributed by atoms with E-state index in [1.54, 1.807) is 17.0 Å². The third-order valence-corrected chi connectivity index (χ3v) is 5.65. The number of nitrogens with zero attached hydrogens (tertiary/aromatic N) is 2. The third kappa shape index (κ3) is 3.45. The van der Waals surface area contributed by atoms with Crippen LogP contribution in [0.2, 0.25) is 5.02 Å². The fourth-order valence-electron chi connectivity index (χ4n) is 3.81. The first-order valence-electron chi connectivity index (χ1n) is 9.40. The second-order valence-electron chi connectivity index (χ2n) is 7.09. The Labute approximate surface area is 176 Å². The molecule has 0 spiro atoms. The quantitative estimate of drug-likeness (QED) is 0.641. The third-order valence-electron chi connectivity index (χ3n) is 5.34. The predicted octanol–water partition coefficient (Wildman–Crippen LogP) is 3.89. The van der Waals surface area contributed by atoms with Crippen LogP contribution in [0.25, 0.3) is 22.0 Å². The molecule has 8 heteroatoms. The average molecular weight is 428 g/mol. The van der Waals surface area contributed by atoms with Gasteiger partial charge in [-0.3, -0.25) is 9.59 Å². The van der Waals surface area contributed by atoms with Gasteiger partial charge in [-0.25, -0.2) is 9.37 Å². The SMILES string of the molecule is C=CC(=O)N1CCC(c2nc3cc(Cl)c(-c4c(F)cccc4OC)cc3c(=O)[nH]2)C1. The predicted molar refractivity (Wildman–Crippen MR) is 113 cm³/mol. The zero-order chi connectivity index (χ0) is 21.4. The van der Waals surface area contributed by atoms with Gasteiger partial charge in [-0.05, 0) is 36.8 Å². The van der Waals surface area contributed by atoms with Crippen molar-refractivity contribution in [3.63, 3.8) is 0 Å². The summed E-state index contributed by atoms with van der Waals surface area (Å²) in [6.07, 6.45) is 1.96. The Kier molecular flexibility index (Phi) is 5.30. The summed E-state index contributed by atoms with van der Waals surface area (Å²) in [5, 5.41) is 0.547. The number of carbonyl (C=O) groups excluding carboxylic acids is 1. The maximum atomic E-state index is 14.5. The molecule has 1 aromatic heterocycles. The fourth-order valence-corrected chi connectivity index (χ4v) is 4.06. The lowest BCUT2D eigenvalue weighted by molar-refractivity contribution is -0.125. The van der Waals surface area contributed by atoms with Crippen molar-refractivity contribution in [1.29, 1.82) is 0 Å². The van der Waals surface area contributed by atoms with Crippen LogP contribution in [0, 0.1) is 5.82 Å². The highest BCUT2D eigenvalue weighted by Crippen LogP contribution is 2.38. The standard InChI is InChI=1S/C22H19ClFN3O3/c1-3-19(28)27-8-7-12(11-27)21-25-17-10-15(23)13(9-14(17)22(29)26-21)20-16(24)5-4-6-18(20)30-2/h3-6,9-10,12H,1,7-8,11H2,2H3,(H,25,26,29).